The van der Waals surface area contributed by atoms with Crippen molar-refractivity contribution in [2.24, 2.45) is 0 Å². The lowest BCUT2D eigenvalue weighted by Crippen LogP contribution is -2.45. The van der Waals surface area contributed by atoms with Gasteiger partial charge >= 0.3 is 0 Å². The summed E-state index contributed by atoms with van der Waals surface area (Å²) in [5.41, 5.74) is 0. The van der Waals surface area contributed by atoms with Crippen LogP contribution in [0.15, 0.2) is 60.8 Å². The third-order valence-corrected chi connectivity index (χ3v) is 13.5. The Hall–Kier alpha value is -1.91. The molecule has 0 aromatic heterocycles. The molecular formula is C62H115NO3. The van der Waals surface area contributed by atoms with Crippen molar-refractivity contribution in [2.45, 2.75) is 321 Å². The highest BCUT2D eigenvalue weighted by Gasteiger charge is 2.18. The SMILES string of the molecule is CCCCCCC/C=C\C/C=C\C/C=C\CCCCCCCCC(=O)NC(CO)C(O)/C=C/CC/C=C/CCCCCCCCCCCCCCCCCCCCCCCCCCCCC. The predicted octanol–water partition coefficient (Wildman–Crippen LogP) is 19.6. The number of unbranched alkanes of at least 4 members (excludes halogenated alkanes) is 39. The molecule has 2 atom stereocenters. The Bertz CT molecular complexity index is 1090. The van der Waals surface area contributed by atoms with E-state index in [-0.39, 0.29) is 12.5 Å². The molecule has 0 aromatic carbocycles. The molecule has 0 saturated carbocycles. The van der Waals surface area contributed by atoms with Crippen LogP contribution in [-0.2, 0) is 4.79 Å². The van der Waals surface area contributed by atoms with Gasteiger partial charge < -0.3 is 15.5 Å². The van der Waals surface area contributed by atoms with E-state index < -0.39 is 12.1 Å². The molecule has 0 saturated heterocycles. The van der Waals surface area contributed by atoms with Gasteiger partial charge in [-0.25, -0.2) is 0 Å². The van der Waals surface area contributed by atoms with Crippen LogP contribution in [0.1, 0.15) is 309 Å². The number of aliphatic hydroxyl groups excluding tert-OH is 2. The van der Waals surface area contributed by atoms with Crippen LogP contribution in [0.2, 0.25) is 0 Å². The molecular weight excluding hydrogens is 807 g/mol. The van der Waals surface area contributed by atoms with E-state index in [2.05, 4.69) is 67.8 Å². The minimum atomic E-state index is -0.872. The van der Waals surface area contributed by atoms with Gasteiger partial charge in [0.25, 0.3) is 0 Å². The summed E-state index contributed by atoms with van der Waals surface area (Å²) in [5, 5.41) is 23.1. The average molecular weight is 923 g/mol. The zero-order valence-electron chi connectivity index (χ0n) is 44.5. The summed E-state index contributed by atoms with van der Waals surface area (Å²) in [6.07, 6.45) is 81.2. The number of hydrogen-bond acceptors (Lipinski definition) is 3. The number of rotatable bonds is 54. The molecule has 3 N–H and O–H groups in total. The van der Waals surface area contributed by atoms with Crippen LogP contribution < -0.4 is 5.32 Å². The Balaban J connectivity index is 3.52. The van der Waals surface area contributed by atoms with Gasteiger partial charge in [-0.3, -0.25) is 4.79 Å². The molecule has 1 amide bonds. The molecule has 4 nitrogen and oxygen atoms in total. The smallest absolute Gasteiger partial charge is 0.220 e. The summed E-state index contributed by atoms with van der Waals surface area (Å²) in [6, 6.07) is -0.650. The lowest BCUT2D eigenvalue weighted by molar-refractivity contribution is -0.123. The molecule has 0 heterocycles. The fourth-order valence-corrected chi connectivity index (χ4v) is 8.97. The molecule has 0 spiro atoms. The topological polar surface area (TPSA) is 69.6 Å². The number of amides is 1. The molecule has 0 fully saturated rings. The molecule has 0 aliphatic carbocycles. The molecule has 0 bridgehead atoms. The molecule has 0 aromatic rings. The lowest BCUT2D eigenvalue weighted by Gasteiger charge is -2.19. The van der Waals surface area contributed by atoms with Crippen LogP contribution in [0, 0.1) is 0 Å². The van der Waals surface area contributed by atoms with E-state index in [1.165, 1.54) is 231 Å². The monoisotopic (exact) mass is 922 g/mol. The number of carbonyl (C=O) groups excluding carboxylic acids is 1. The molecule has 386 valence electrons. The summed E-state index contributed by atoms with van der Waals surface area (Å²) < 4.78 is 0. The molecule has 0 rings (SSSR count). The summed E-state index contributed by atoms with van der Waals surface area (Å²) in [6.45, 7) is 4.30. The Morgan fingerprint density at radius 2 is 0.636 bits per heavy atom. The maximum Gasteiger partial charge on any atom is 0.220 e. The number of hydrogen-bond donors (Lipinski definition) is 3. The van der Waals surface area contributed by atoms with Gasteiger partial charge in [0.15, 0.2) is 0 Å². The minimum absolute atomic E-state index is 0.0846. The first kappa shape index (κ1) is 64.1. The van der Waals surface area contributed by atoms with E-state index in [0.29, 0.717) is 6.42 Å². The Morgan fingerprint density at radius 1 is 0.364 bits per heavy atom. The van der Waals surface area contributed by atoms with Gasteiger partial charge in [0, 0.05) is 6.42 Å². The number of allylic oxidation sites excluding steroid dienone is 9. The van der Waals surface area contributed by atoms with Crippen molar-refractivity contribution in [1.82, 2.24) is 5.32 Å². The van der Waals surface area contributed by atoms with Crippen molar-refractivity contribution < 1.29 is 15.0 Å². The minimum Gasteiger partial charge on any atom is -0.394 e. The maximum atomic E-state index is 12.5. The fourth-order valence-electron chi connectivity index (χ4n) is 8.97. The van der Waals surface area contributed by atoms with Gasteiger partial charge in [0.05, 0.1) is 18.8 Å². The summed E-state index contributed by atoms with van der Waals surface area (Å²) in [5.74, 6) is -0.0846. The highest BCUT2D eigenvalue weighted by atomic mass is 16.3. The van der Waals surface area contributed by atoms with E-state index in [4.69, 9.17) is 0 Å². The zero-order chi connectivity index (χ0) is 47.7. The van der Waals surface area contributed by atoms with Crippen molar-refractivity contribution in [3.05, 3.63) is 60.8 Å². The molecule has 66 heavy (non-hydrogen) atoms. The summed E-state index contributed by atoms with van der Waals surface area (Å²) >= 11 is 0. The van der Waals surface area contributed by atoms with E-state index in [1.54, 1.807) is 6.08 Å². The summed E-state index contributed by atoms with van der Waals surface area (Å²) in [4.78, 5) is 12.5. The molecule has 0 radical (unpaired) electrons. The van der Waals surface area contributed by atoms with E-state index in [1.807, 2.05) is 6.08 Å². The van der Waals surface area contributed by atoms with Crippen molar-refractivity contribution in [3.63, 3.8) is 0 Å². The second-order valence-corrected chi connectivity index (χ2v) is 20.1. The average Bonchev–Trinajstić information content (AvgIpc) is 3.32. The first-order chi connectivity index (χ1) is 32.7. The van der Waals surface area contributed by atoms with Crippen LogP contribution >= 0.6 is 0 Å². The molecule has 0 aliphatic rings. The normalized spacial score (nSPS) is 13.2. The maximum absolute atomic E-state index is 12.5. The molecule has 0 aliphatic heterocycles. The van der Waals surface area contributed by atoms with Crippen LogP contribution in [0.5, 0.6) is 0 Å². The van der Waals surface area contributed by atoms with Gasteiger partial charge in [-0.15, -0.1) is 0 Å². The largest absolute Gasteiger partial charge is 0.394 e. The van der Waals surface area contributed by atoms with Gasteiger partial charge in [0.2, 0.25) is 5.91 Å². The van der Waals surface area contributed by atoms with E-state index >= 15 is 0 Å². The van der Waals surface area contributed by atoms with Crippen LogP contribution in [0.3, 0.4) is 0 Å². The van der Waals surface area contributed by atoms with Gasteiger partial charge in [-0.2, -0.15) is 0 Å². The van der Waals surface area contributed by atoms with E-state index in [0.717, 1.165) is 57.8 Å². The van der Waals surface area contributed by atoms with E-state index in [9.17, 15) is 15.0 Å². The van der Waals surface area contributed by atoms with Crippen molar-refractivity contribution >= 4 is 5.91 Å². The number of aliphatic hydroxyl groups is 2. The van der Waals surface area contributed by atoms with Crippen LogP contribution in [-0.4, -0.2) is 34.9 Å². The second-order valence-electron chi connectivity index (χ2n) is 20.1. The Morgan fingerprint density at radius 3 is 0.985 bits per heavy atom. The van der Waals surface area contributed by atoms with Crippen molar-refractivity contribution in [1.29, 1.82) is 0 Å². The van der Waals surface area contributed by atoms with Crippen LogP contribution in [0.25, 0.3) is 0 Å². The highest BCUT2D eigenvalue weighted by Crippen LogP contribution is 2.17. The predicted molar refractivity (Wildman–Crippen MR) is 294 cm³/mol. The van der Waals surface area contributed by atoms with Gasteiger partial charge in [-0.05, 0) is 70.6 Å². The Kier molecular flexibility index (Phi) is 55.7. The number of nitrogens with one attached hydrogen (secondary N) is 1. The third-order valence-electron chi connectivity index (χ3n) is 13.5. The summed E-state index contributed by atoms with van der Waals surface area (Å²) in [7, 11) is 0. The first-order valence-corrected chi connectivity index (χ1v) is 29.5. The third kappa shape index (κ3) is 53.1. The zero-order valence-corrected chi connectivity index (χ0v) is 44.5. The number of carbonyl (C=O) groups is 1. The Labute approximate surface area is 413 Å². The van der Waals surface area contributed by atoms with Crippen molar-refractivity contribution in [3.8, 4) is 0 Å². The lowest BCUT2D eigenvalue weighted by atomic mass is 10.0. The van der Waals surface area contributed by atoms with Gasteiger partial charge in [0.1, 0.15) is 0 Å². The molecule has 4 heteroatoms. The van der Waals surface area contributed by atoms with Crippen molar-refractivity contribution in [2.75, 3.05) is 6.61 Å². The van der Waals surface area contributed by atoms with Crippen LogP contribution in [0.4, 0.5) is 0 Å². The standard InChI is InChI=1S/C62H115NO3/c1-3-5-7-9-11-13-15-17-19-21-23-25-26-27-28-29-30-31-32-33-34-35-36-38-39-41-43-45-47-49-51-53-55-57-61(65)60(59-64)63-62(66)58-56-54-52-50-48-46-44-42-40-37-24-22-20-18-16-14-12-10-8-6-4-2/h16,18,22,24,40,42,47,49,55,57,60-61,64-65H,3-15,17,19-21,23,25-39,41,43-46,48,50-54,56,58-59H2,1-2H3,(H,63,66)/b18-16-,24-22-,42-40-,49-47+,57-55+. The first-order valence-electron chi connectivity index (χ1n) is 29.5. The highest BCUT2D eigenvalue weighted by molar-refractivity contribution is 5.76. The quantitative estimate of drug-likeness (QED) is 0.0420. The fraction of sp³-hybridized carbons (Fsp3) is 0.823. The van der Waals surface area contributed by atoms with Gasteiger partial charge in [-0.1, -0.05) is 293 Å². The second kappa shape index (κ2) is 57.4. The molecule has 2 unspecified atom stereocenters.